The highest BCUT2D eigenvalue weighted by molar-refractivity contribution is 5.98. The van der Waals surface area contributed by atoms with Crippen LogP contribution in [0.2, 0.25) is 0 Å². The van der Waals surface area contributed by atoms with Gasteiger partial charge in [-0.05, 0) is 49.7 Å². The van der Waals surface area contributed by atoms with Crippen molar-refractivity contribution in [1.82, 2.24) is 24.8 Å². The van der Waals surface area contributed by atoms with Crippen molar-refractivity contribution in [1.29, 1.82) is 5.26 Å². The van der Waals surface area contributed by atoms with E-state index in [1.807, 2.05) is 43.3 Å². The van der Waals surface area contributed by atoms with Crippen molar-refractivity contribution in [3.8, 4) is 23.2 Å². The Morgan fingerprint density at radius 1 is 1.24 bits per heavy atom. The summed E-state index contributed by atoms with van der Waals surface area (Å²) in [6.07, 6.45) is 2.50. The molecule has 11 nitrogen and oxygen atoms in total. The molecule has 0 aliphatic carbocycles. The summed E-state index contributed by atoms with van der Waals surface area (Å²) in [5.74, 6) is 1.32. The fourth-order valence-corrected chi connectivity index (χ4v) is 4.84. The van der Waals surface area contributed by atoms with Crippen molar-refractivity contribution < 1.29 is 9.53 Å². The van der Waals surface area contributed by atoms with Gasteiger partial charge in [-0.3, -0.25) is 4.79 Å². The molecule has 5 rings (SSSR count). The van der Waals surface area contributed by atoms with Crippen LogP contribution in [0.4, 0.5) is 11.6 Å². The first-order valence-electron chi connectivity index (χ1n) is 12.5. The zero-order valence-electron chi connectivity index (χ0n) is 21.5. The molecule has 4 aromatic rings. The molecule has 0 saturated carbocycles. The van der Waals surface area contributed by atoms with E-state index in [2.05, 4.69) is 39.2 Å². The van der Waals surface area contributed by atoms with Crippen LogP contribution in [0.3, 0.4) is 0 Å². The van der Waals surface area contributed by atoms with Gasteiger partial charge in [0.15, 0.2) is 11.5 Å². The molecular weight excluding hydrogens is 482 g/mol. The average Bonchev–Trinajstić information content (AvgIpc) is 3.35. The highest BCUT2D eigenvalue weighted by Crippen LogP contribution is 2.35. The van der Waals surface area contributed by atoms with Gasteiger partial charge in [0.25, 0.3) is 5.91 Å². The number of nitrogens with one attached hydrogen (secondary N) is 1. The van der Waals surface area contributed by atoms with Crippen molar-refractivity contribution in [3.05, 3.63) is 59.9 Å². The molecule has 1 amide bonds. The number of hydrogen-bond acceptors (Lipinski definition) is 9. The molecule has 38 heavy (non-hydrogen) atoms. The number of amides is 1. The van der Waals surface area contributed by atoms with E-state index in [9.17, 15) is 4.79 Å². The predicted molar refractivity (Wildman–Crippen MR) is 143 cm³/mol. The molecule has 194 valence electrons. The van der Waals surface area contributed by atoms with Gasteiger partial charge in [-0.2, -0.15) is 10.4 Å². The van der Waals surface area contributed by atoms with Gasteiger partial charge in [-0.25, -0.2) is 9.50 Å². The number of pyridine rings is 2. The predicted octanol–water partition coefficient (Wildman–Crippen LogP) is 3.27. The van der Waals surface area contributed by atoms with E-state index in [-0.39, 0.29) is 17.2 Å². The molecule has 1 aliphatic rings. The minimum Gasteiger partial charge on any atom is -0.478 e. The van der Waals surface area contributed by atoms with Crippen molar-refractivity contribution in [2.75, 3.05) is 29.9 Å². The molecule has 1 aliphatic heterocycles. The van der Waals surface area contributed by atoms with Gasteiger partial charge in [-0.1, -0.05) is 13.8 Å². The fraction of sp³-hybridized carbons (Fsp3) is 0.333. The largest absolute Gasteiger partial charge is 0.478 e. The summed E-state index contributed by atoms with van der Waals surface area (Å²) in [6, 6.07) is 14.8. The first-order valence-corrected chi connectivity index (χ1v) is 12.5. The summed E-state index contributed by atoms with van der Waals surface area (Å²) in [7, 11) is 0. The molecule has 11 heteroatoms. The molecule has 1 saturated heterocycles. The number of hydrogen-bond donors (Lipinski definition) is 2. The Balaban J connectivity index is 1.44. The molecule has 1 fully saturated rings. The van der Waals surface area contributed by atoms with Gasteiger partial charge in [0.05, 0.1) is 23.4 Å². The number of ether oxygens (including phenoxy) is 1. The van der Waals surface area contributed by atoms with Crippen molar-refractivity contribution in [2.24, 2.45) is 11.1 Å². The summed E-state index contributed by atoms with van der Waals surface area (Å²) < 4.78 is 7.18. The minimum absolute atomic E-state index is 0.0218. The maximum absolute atomic E-state index is 12.4. The Morgan fingerprint density at radius 2 is 2.08 bits per heavy atom. The molecule has 4 aromatic heterocycles. The number of carbonyl (C=O) groups excluding carboxylic acids is 1. The monoisotopic (exact) mass is 511 g/mol. The number of carbonyl (C=O) groups is 1. The van der Waals surface area contributed by atoms with E-state index >= 15 is 0 Å². The highest BCUT2D eigenvalue weighted by Gasteiger charge is 2.37. The van der Waals surface area contributed by atoms with Crippen LogP contribution in [0, 0.1) is 16.7 Å². The van der Waals surface area contributed by atoms with Crippen molar-refractivity contribution in [3.63, 3.8) is 0 Å². The second-order valence-electron chi connectivity index (χ2n) is 9.93. The maximum Gasteiger partial charge on any atom is 0.252 e. The maximum atomic E-state index is 12.4. The molecule has 1 atom stereocenters. The lowest BCUT2D eigenvalue weighted by Crippen LogP contribution is -2.52. The summed E-state index contributed by atoms with van der Waals surface area (Å²) in [4.78, 5) is 18.9. The van der Waals surface area contributed by atoms with Crippen LogP contribution in [-0.4, -0.2) is 56.4 Å². The summed E-state index contributed by atoms with van der Waals surface area (Å²) in [6.45, 7) is 8.22. The molecular formula is C27H29N9O2. The Bertz CT molecular complexity index is 1500. The van der Waals surface area contributed by atoms with Crippen LogP contribution in [0.5, 0.6) is 5.88 Å². The molecule has 3 N–H and O–H groups in total. The van der Waals surface area contributed by atoms with Gasteiger partial charge in [0, 0.05) is 42.4 Å². The van der Waals surface area contributed by atoms with Crippen LogP contribution >= 0.6 is 0 Å². The van der Waals surface area contributed by atoms with E-state index in [0.717, 1.165) is 35.6 Å². The van der Waals surface area contributed by atoms with Crippen molar-refractivity contribution in [2.45, 2.75) is 33.2 Å². The summed E-state index contributed by atoms with van der Waals surface area (Å²) in [5.41, 5.74) is 8.60. The van der Waals surface area contributed by atoms with E-state index < -0.39 is 5.91 Å². The van der Waals surface area contributed by atoms with Gasteiger partial charge < -0.3 is 20.7 Å². The summed E-state index contributed by atoms with van der Waals surface area (Å²) >= 11 is 0. The lowest BCUT2D eigenvalue weighted by atomic mass is 9.79. The quantitative estimate of drug-likeness (QED) is 0.381. The number of primary amides is 1. The number of aromatic nitrogens is 5. The minimum atomic E-state index is -0.530. The number of rotatable bonds is 7. The molecule has 0 bridgehead atoms. The second-order valence-corrected chi connectivity index (χ2v) is 9.93. The number of anilines is 2. The zero-order valence-corrected chi connectivity index (χ0v) is 21.5. The van der Waals surface area contributed by atoms with E-state index in [1.54, 1.807) is 22.8 Å². The zero-order chi connectivity index (χ0) is 26.9. The number of nitrogens with two attached hydrogens (primary N) is 1. The average molecular weight is 512 g/mol. The van der Waals surface area contributed by atoms with Gasteiger partial charge in [0.2, 0.25) is 5.88 Å². The van der Waals surface area contributed by atoms with Crippen molar-refractivity contribution >= 4 is 23.1 Å². The van der Waals surface area contributed by atoms with Crippen LogP contribution in [0.15, 0.2) is 48.7 Å². The Morgan fingerprint density at radius 3 is 2.71 bits per heavy atom. The highest BCUT2D eigenvalue weighted by atomic mass is 16.5. The fourth-order valence-electron chi connectivity index (χ4n) is 4.84. The van der Waals surface area contributed by atoms with Crippen LogP contribution in [-0.2, 0) is 0 Å². The van der Waals surface area contributed by atoms with E-state index in [0.29, 0.717) is 30.4 Å². The number of fused-ring (bicyclic) bond motifs is 1. The van der Waals surface area contributed by atoms with Crippen LogP contribution in [0.25, 0.3) is 16.8 Å². The first kappa shape index (κ1) is 25.0. The third-order valence-electron chi connectivity index (χ3n) is 6.84. The SMILES string of the molecule is CCOc1ccc(-c2cc3ccc(C(N)=O)c(N[C@@H]4CCN(c5ccc(C#N)nn5)CC4(C)C)n3n2)cn1. The lowest BCUT2D eigenvalue weighted by Gasteiger charge is -2.45. The molecule has 0 radical (unpaired) electrons. The Kier molecular flexibility index (Phi) is 6.55. The van der Waals surface area contributed by atoms with Gasteiger partial charge >= 0.3 is 0 Å². The number of piperidine rings is 1. The Hall–Kier alpha value is -4.72. The van der Waals surface area contributed by atoms with Crippen LogP contribution in [0.1, 0.15) is 43.2 Å². The molecule has 0 spiro atoms. The van der Waals surface area contributed by atoms with E-state index in [4.69, 9.17) is 20.8 Å². The number of nitriles is 1. The smallest absolute Gasteiger partial charge is 0.252 e. The molecule has 0 unspecified atom stereocenters. The van der Waals surface area contributed by atoms with Crippen LogP contribution < -0.4 is 20.7 Å². The molecule has 0 aromatic carbocycles. The standard InChI is InChI=1S/C27H29N9O2/c1-4-38-24-10-5-17(15-30-24)21-13-19-7-8-20(25(29)37)26(36(19)34-21)31-22-11-12-35(16-27(22,2)3)23-9-6-18(14-28)32-33-23/h5-10,13,15,22,31H,4,11-12,16H2,1-3H3,(H2,29,37)/t22-/m1/s1. The first-order chi connectivity index (χ1) is 18.3. The Labute approximate surface area is 220 Å². The molecule has 5 heterocycles. The second kappa shape index (κ2) is 9.97. The third kappa shape index (κ3) is 4.80. The van der Waals surface area contributed by atoms with Gasteiger partial charge in [-0.15, -0.1) is 10.2 Å². The number of nitrogens with zero attached hydrogens (tertiary/aromatic N) is 7. The normalized spacial score (nSPS) is 16.7. The summed E-state index contributed by atoms with van der Waals surface area (Å²) in [5, 5.41) is 25.6. The van der Waals surface area contributed by atoms with E-state index in [1.165, 1.54) is 0 Å². The third-order valence-corrected chi connectivity index (χ3v) is 6.84. The topological polar surface area (TPSA) is 147 Å². The lowest BCUT2D eigenvalue weighted by molar-refractivity contribution is 0.100. The van der Waals surface area contributed by atoms with Gasteiger partial charge in [0.1, 0.15) is 11.9 Å².